The molecule has 24 heavy (non-hydrogen) atoms. The van der Waals surface area contributed by atoms with Gasteiger partial charge in [-0.1, -0.05) is 23.4 Å². The summed E-state index contributed by atoms with van der Waals surface area (Å²) in [5.74, 6) is -0.0579. The van der Waals surface area contributed by atoms with Crippen molar-refractivity contribution in [2.75, 3.05) is 6.54 Å². The molecule has 1 aliphatic heterocycles. The Morgan fingerprint density at radius 2 is 2.25 bits per heavy atom. The van der Waals surface area contributed by atoms with E-state index in [-0.39, 0.29) is 18.6 Å². The van der Waals surface area contributed by atoms with Crippen molar-refractivity contribution >= 4 is 16.8 Å². The topological polar surface area (TPSA) is 99.9 Å². The number of aliphatic hydroxyl groups excluding tert-OH is 1. The van der Waals surface area contributed by atoms with Gasteiger partial charge in [-0.25, -0.2) is 0 Å². The largest absolute Gasteiger partial charge is 0.390 e. The molecule has 1 aliphatic rings. The van der Waals surface area contributed by atoms with Crippen LogP contribution < -0.4 is 0 Å². The van der Waals surface area contributed by atoms with Crippen LogP contribution in [0.4, 0.5) is 0 Å². The van der Waals surface area contributed by atoms with E-state index in [1.807, 2.05) is 29.2 Å². The zero-order chi connectivity index (χ0) is 16.5. The van der Waals surface area contributed by atoms with Crippen LogP contribution >= 0.6 is 0 Å². The molecule has 2 N–H and O–H groups in total. The number of aromatic amines is 1. The summed E-state index contributed by atoms with van der Waals surface area (Å²) in [6.07, 6.45) is 3.59. The highest BCUT2D eigenvalue weighted by atomic mass is 16.3. The number of hydrogen-bond acceptors (Lipinski definition) is 5. The third-order valence-electron chi connectivity index (χ3n) is 4.46. The lowest BCUT2D eigenvalue weighted by atomic mass is 10.1. The fourth-order valence-electron chi connectivity index (χ4n) is 3.27. The van der Waals surface area contributed by atoms with E-state index in [0.29, 0.717) is 24.5 Å². The molecule has 1 saturated heterocycles. The standard InChI is InChI=1S/C16H18N6O2/c23-10-11-8-21(20-17-11)9-12-4-3-7-22(12)16(24)15-13-5-1-2-6-14(13)18-19-15/h1-2,5-6,8,12,23H,3-4,7,9-10H2,(H,18,19). The first-order chi connectivity index (χ1) is 11.8. The molecule has 124 valence electrons. The first-order valence-electron chi connectivity index (χ1n) is 8.00. The van der Waals surface area contributed by atoms with Gasteiger partial charge in [-0.05, 0) is 18.9 Å². The van der Waals surface area contributed by atoms with Crippen molar-refractivity contribution in [1.29, 1.82) is 0 Å². The molecule has 1 fully saturated rings. The van der Waals surface area contributed by atoms with Crippen LogP contribution in [0.5, 0.6) is 0 Å². The van der Waals surface area contributed by atoms with Crippen molar-refractivity contribution in [3.8, 4) is 0 Å². The van der Waals surface area contributed by atoms with Crippen LogP contribution in [0.3, 0.4) is 0 Å². The van der Waals surface area contributed by atoms with E-state index in [4.69, 9.17) is 5.11 Å². The van der Waals surface area contributed by atoms with Crippen molar-refractivity contribution in [2.45, 2.75) is 32.0 Å². The van der Waals surface area contributed by atoms with Crippen LogP contribution in [0.25, 0.3) is 10.9 Å². The van der Waals surface area contributed by atoms with Gasteiger partial charge in [0.2, 0.25) is 0 Å². The van der Waals surface area contributed by atoms with Crippen LogP contribution in [0, 0.1) is 0 Å². The minimum Gasteiger partial charge on any atom is -0.390 e. The predicted molar refractivity (Wildman–Crippen MR) is 86.1 cm³/mol. The number of aliphatic hydroxyl groups is 1. The number of carbonyl (C=O) groups excluding carboxylic acids is 1. The molecule has 1 aromatic carbocycles. The van der Waals surface area contributed by atoms with Crippen molar-refractivity contribution in [2.24, 2.45) is 0 Å². The normalized spacial score (nSPS) is 17.7. The van der Waals surface area contributed by atoms with Crippen LogP contribution in [0.15, 0.2) is 30.5 Å². The Hall–Kier alpha value is -2.74. The van der Waals surface area contributed by atoms with Gasteiger partial charge in [0.05, 0.1) is 30.9 Å². The first kappa shape index (κ1) is 14.8. The Kier molecular flexibility index (Phi) is 3.73. The summed E-state index contributed by atoms with van der Waals surface area (Å²) < 4.78 is 1.68. The van der Waals surface area contributed by atoms with Gasteiger partial charge in [0.15, 0.2) is 5.69 Å². The number of nitrogens with one attached hydrogen (secondary N) is 1. The second kappa shape index (κ2) is 6.04. The minimum atomic E-state index is -0.132. The monoisotopic (exact) mass is 326 g/mol. The van der Waals surface area contributed by atoms with Crippen molar-refractivity contribution in [3.05, 3.63) is 41.9 Å². The lowest BCUT2D eigenvalue weighted by Crippen LogP contribution is -2.38. The smallest absolute Gasteiger partial charge is 0.275 e. The maximum Gasteiger partial charge on any atom is 0.275 e. The number of benzene rings is 1. The molecule has 0 spiro atoms. The highest BCUT2D eigenvalue weighted by Gasteiger charge is 2.32. The molecular formula is C16H18N6O2. The van der Waals surface area contributed by atoms with Crippen LogP contribution in [-0.4, -0.2) is 53.7 Å². The molecular weight excluding hydrogens is 308 g/mol. The maximum absolute atomic E-state index is 12.9. The van der Waals surface area contributed by atoms with Gasteiger partial charge in [-0.2, -0.15) is 5.10 Å². The van der Waals surface area contributed by atoms with Crippen LogP contribution in [-0.2, 0) is 13.2 Å². The fraction of sp³-hybridized carbons (Fsp3) is 0.375. The summed E-state index contributed by atoms with van der Waals surface area (Å²) in [6, 6.07) is 7.69. The first-order valence-corrected chi connectivity index (χ1v) is 8.00. The highest BCUT2D eigenvalue weighted by molar-refractivity contribution is 6.04. The zero-order valence-corrected chi connectivity index (χ0v) is 13.1. The lowest BCUT2D eigenvalue weighted by molar-refractivity contribution is 0.0717. The third kappa shape index (κ3) is 2.54. The summed E-state index contributed by atoms with van der Waals surface area (Å²) in [7, 11) is 0. The quantitative estimate of drug-likeness (QED) is 0.743. The van der Waals surface area contributed by atoms with Gasteiger partial charge in [-0.15, -0.1) is 5.10 Å². The number of nitrogens with zero attached hydrogens (tertiary/aromatic N) is 5. The molecule has 8 heteroatoms. The van der Waals surface area contributed by atoms with Gasteiger partial charge in [-0.3, -0.25) is 14.6 Å². The molecule has 1 atom stereocenters. The van der Waals surface area contributed by atoms with Gasteiger partial charge in [0.25, 0.3) is 5.91 Å². The Labute approximate surface area is 138 Å². The number of amides is 1. The van der Waals surface area contributed by atoms with Gasteiger partial charge in [0.1, 0.15) is 5.69 Å². The number of carbonyl (C=O) groups is 1. The number of likely N-dealkylation sites (tertiary alicyclic amines) is 1. The molecule has 4 rings (SSSR count). The molecule has 8 nitrogen and oxygen atoms in total. The van der Waals surface area contributed by atoms with Crippen molar-refractivity contribution in [1.82, 2.24) is 30.1 Å². The summed E-state index contributed by atoms with van der Waals surface area (Å²) in [4.78, 5) is 14.8. The molecule has 0 radical (unpaired) electrons. The molecule has 1 amide bonds. The van der Waals surface area contributed by atoms with Gasteiger partial charge >= 0.3 is 0 Å². The van der Waals surface area contributed by atoms with E-state index in [0.717, 1.165) is 23.7 Å². The van der Waals surface area contributed by atoms with Crippen molar-refractivity contribution in [3.63, 3.8) is 0 Å². The average Bonchev–Trinajstić information content (AvgIpc) is 3.34. The molecule has 3 heterocycles. The number of para-hydroxylation sites is 1. The number of rotatable bonds is 4. The Bertz CT molecular complexity index is 870. The Morgan fingerprint density at radius 1 is 1.38 bits per heavy atom. The highest BCUT2D eigenvalue weighted by Crippen LogP contribution is 2.24. The van der Waals surface area contributed by atoms with Crippen LogP contribution in [0.2, 0.25) is 0 Å². The minimum absolute atomic E-state index is 0.0567. The fourth-order valence-corrected chi connectivity index (χ4v) is 3.27. The maximum atomic E-state index is 12.9. The molecule has 0 bridgehead atoms. The average molecular weight is 326 g/mol. The van der Waals surface area contributed by atoms with E-state index in [1.165, 1.54) is 0 Å². The van der Waals surface area contributed by atoms with E-state index in [2.05, 4.69) is 20.5 Å². The zero-order valence-electron chi connectivity index (χ0n) is 13.1. The Balaban J connectivity index is 1.56. The summed E-state index contributed by atoms with van der Waals surface area (Å²) in [5.41, 5.74) is 1.86. The third-order valence-corrected chi connectivity index (χ3v) is 4.46. The predicted octanol–water partition coefficient (Wildman–Crippen LogP) is 0.951. The number of H-pyrrole nitrogens is 1. The summed E-state index contributed by atoms with van der Waals surface area (Å²) in [6.45, 7) is 1.15. The second-order valence-electron chi connectivity index (χ2n) is 6.00. The molecule has 2 aromatic heterocycles. The number of aromatic nitrogens is 5. The van der Waals surface area contributed by atoms with Crippen LogP contribution in [0.1, 0.15) is 29.0 Å². The summed E-state index contributed by atoms with van der Waals surface area (Å²) >= 11 is 0. The SMILES string of the molecule is O=C(c1n[nH]c2ccccc12)N1CCCC1Cn1cc(CO)nn1. The van der Waals surface area contributed by atoms with Gasteiger partial charge < -0.3 is 10.0 Å². The van der Waals surface area contributed by atoms with Gasteiger partial charge in [0, 0.05) is 11.9 Å². The van der Waals surface area contributed by atoms with E-state index in [9.17, 15) is 4.79 Å². The Morgan fingerprint density at radius 3 is 3.08 bits per heavy atom. The molecule has 3 aromatic rings. The molecule has 0 saturated carbocycles. The number of hydrogen-bond donors (Lipinski definition) is 2. The van der Waals surface area contributed by atoms with E-state index < -0.39 is 0 Å². The molecule has 0 aliphatic carbocycles. The molecule has 1 unspecified atom stereocenters. The van der Waals surface area contributed by atoms with Crippen molar-refractivity contribution < 1.29 is 9.90 Å². The lowest BCUT2D eigenvalue weighted by Gasteiger charge is -2.23. The second-order valence-corrected chi connectivity index (χ2v) is 6.00. The summed E-state index contributed by atoms with van der Waals surface area (Å²) in [5, 5.41) is 24.9. The van der Waals surface area contributed by atoms with E-state index in [1.54, 1.807) is 10.9 Å². The number of fused-ring (bicyclic) bond motifs is 1. The van der Waals surface area contributed by atoms with E-state index >= 15 is 0 Å².